The van der Waals surface area contributed by atoms with Crippen molar-refractivity contribution < 1.29 is 59.1 Å². The molecule has 0 aliphatic heterocycles. The quantitative estimate of drug-likeness (QED) is 0.201. The summed E-state index contributed by atoms with van der Waals surface area (Å²) >= 11 is 0. The second-order valence-corrected chi connectivity index (χ2v) is 2.70. The van der Waals surface area contributed by atoms with Crippen LogP contribution in [0.1, 0.15) is 0 Å². The van der Waals surface area contributed by atoms with Gasteiger partial charge in [0.25, 0.3) is 7.82 Å². The third-order valence-electron chi connectivity index (χ3n) is 0. The Kier molecular flexibility index (Phi) is 18.8. The summed E-state index contributed by atoms with van der Waals surface area (Å²) < 4.78 is 42.9. The molecule has 0 unspecified atom stereocenters. The molecule has 0 heterocycles. The van der Waals surface area contributed by atoms with Gasteiger partial charge in [-0.15, -0.1) is 0 Å². The van der Waals surface area contributed by atoms with Crippen LogP contribution in [0.2, 0.25) is 0 Å². The number of rotatable bonds is 0. The molecule has 74 valence electrons. The maximum Gasteiger partial charge on any atom is 2.00 e. The largest absolute Gasteiger partial charge is 2.00 e. The molecular weight excluding hydrogens is 339 g/mol. The van der Waals surface area contributed by atoms with E-state index < -0.39 is 18.2 Å². The molecular formula is H2AgCaO8PS. The first-order chi connectivity index (χ1) is 4.00. The van der Waals surface area contributed by atoms with Crippen LogP contribution in [-0.2, 0) is 37.3 Å². The zero-order chi connectivity index (χ0) is 9.00. The standard InChI is InChI=1S/Ag.Ca.H3O4P.H2O4S/c;;2*1-5(2,3)4/h;;(H3,1,2,3,4);(H2,1,2,3,4)/q+1;+2;;/p-3. The SMILES string of the molecule is O=P([O-])(O)O.O=S(=O)([O-])[O-].[Ag+].[Ca+2]. The van der Waals surface area contributed by atoms with E-state index in [-0.39, 0.29) is 60.1 Å². The van der Waals surface area contributed by atoms with Crippen molar-refractivity contribution in [2.45, 2.75) is 0 Å². The Morgan fingerprint density at radius 3 is 1.17 bits per heavy atom. The van der Waals surface area contributed by atoms with E-state index in [1.807, 2.05) is 0 Å². The molecule has 0 bridgehead atoms. The number of hydrogen-bond acceptors (Lipinski definition) is 6. The molecule has 0 spiro atoms. The molecule has 0 aliphatic rings. The summed E-state index contributed by atoms with van der Waals surface area (Å²) in [5, 5.41) is 0. The zero-order valence-corrected chi connectivity index (χ0v) is 10.6. The van der Waals surface area contributed by atoms with Gasteiger partial charge in [0.05, 0.1) is 0 Å². The third-order valence-corrected chi connectivity index (χ3v) is 0. The van der Waals surface area contributed by atoms with Crippen molar-refractivity contribution in [3.05, 3.63) is 0 Å². The monoisotopic (exact) mass is 340 g/mol. The molecule has 8 nitrogen and oxygen atoms in total. The first-order valence-corrected chi connectivity index (χ1v) is 4.30. The molecule has 0 saturated carbocycles. The van der Waals surface area contributed by atoms with Gasteiger partial charge >= 0.3 is 60.1 Å². The normalized spacial score (nSPS) is 9.75. The van der Waals surface area contributed by atoms with Gasteiger partial charge in [-0.25, -0.2) is 0 Å². The number of hydrogen-bond donors (Lipinski definition) is 2. The molecule has 0 aromatic carbocycles. The van der Waals surface area contributed by atoms with Crippen LogP contribution in [0, 0.1) is 0 Å². The Morgan fingerprint density at radius 2 is 1.17 bits per heavy atom. The van der Waals surface area contributed by atoms with Gasteiger partial charge in [0, 0.05) is 10.4 Å². The fourth-order valence-electron chi connectivity index (χ4n) is 0. The van der Waals surface area contributed by atoms with Gasteiger partial charge in [0.1, 0.15) is 0 Å². The van der Waals surface area contributed by atoms with Gasteiger partial charge in [-0.3, -0.25) is 13.0 Å². The summed E-state index contributed by atoms with van der Waals surface area (Å²) in [6.07, 6.45) is 0. The maximum atomic E-state index is 8.77. The maximum absolute atomic E-state index is 8.77. The van der Waals surface area contributed by atoms with Gasteiger partial charge in [0.15, 0.2) is 0 Å². The fourth-order valence-corrected chi connectivity index (χ4v) is 0. The first kappa shape index (κ1) is 23.6. The molecule has 0 atom stereocenters. The first-order valence-electron chi connectivity index (χ1n) is 1.43. The smallest absolute Gasteiger partial charge is 0.759 e. The van der Waals surface area contributed by atoms with Gasteiger partial charge in [-0.05, 0) is 0 Å². The predicted molar refractivity (Wildman–Crippen MR) is 28.3 cm³/mol. The Morgan fingerprint density at radius 1 is 1.17 bits per heavy atom. The molecule has 0 amide bonds. The van der Waals surface area contributed by atoms with Crippen molar-refractivity contribution >= 4 is 56.0 Å². The van der Waals surface area contributed by atoms with E-state index in [4.69, 9.17) is 36.8 Å². The summed E-state index contributed by atoms with van der Waals surface area (Å²) in [5.41, 5.74) is 0. The molecule has 0 aromatic rings. The average Bonchev–Trinajstić information content (AvgIpc) is 1.12. The van der Waals surface area contributed by atoms with Gasteiger partial charge in [-0.1, -0.05) is 0 Å². The number of phosphoric acid groups is 1. The van der Waals surface area contributed by atoms with E-state index in [0.29, 0.717) is 0 Å². The predicted octanol–water partition coefficient (Wildman–Crippen LogP) is -3.28. The van der Waals surface area contributed by atoms with Crippen LogP contribution in [-0.4, -0.2) is 65.0 Å². The average molecular weight is 341 g/mol. The Balaban J connectivity index is -0.0000000457. The van der Waals surface area contributed by atoms with Gasteiger partial charge in [0.2, 0.25) is 0 Å². The minimum absolute atomic E-state index is 0. The van der Waals surface area contributed by atoms with Crippen LogP contribution in [0.5, 0.6) is 0 Å². The minimum Gasteiger partial charge on any atom is -0.759 e. The molecule has 0 rings (SSSR count). The van der Waals surface area contributed by atoms with Crippen LogP contribution < -0.4 is 4.89 Å². The topological polar surface area (TPSA) is 161 Å². The Bertz CT molecular complexity index is 197. The molecule has 0 radical (unpaired) electrons. The van der Waals surface area contributed by atoms with Gasteiger partial charge < -0.3 is 23.8 Å². The van der Waals surface area contributed by atoms with E-state index >= 15 is 0 Å². The molecule has 0 aliphatic carbocycles. The van der Waals surface area contributed by atoms with E-state index in [2.05, 4.69) is 0 Å². The summed E-state index contributed by atoms with van der Waals surface area (Å²) in [5.74, 6) is 0. The summed E-state index contributed by atoms with van der Waals surface area (Å²) in [7, 11) is -10.1. The summed E-state index contributed by atoms with van der Waals surface area (Å²) in [6, 6.07) is 0. The van der Waals surface area contributed by atoms with Crippen LogP contribution in [0.4, 0.5) is 0 Å². The van der Waals surface area contributed by atoms with Crippen LogP contribution in [0.25, 0.3) is 0 Å². The van der Waals surface area contributed by atoms with Crippen molar-refractivity contribution in [2.24, 2.45) is 0 Å². The van der Waals surface area contributed by atoms with Crippen LogP contribution in [0.15, 0.2) is 0 Å². The van der Waals surface area contributed by atoms with E-state index in [0.717, 1.165) is 0 Å². The summed E-state index contributed by atoms with van der Waals surface area (Å²) in [4.78, 5) is 22.9. The molecule has 12 heteroatoms. The van der Waals surface area contributed by atoms with Crippen molar-refractivity contribution in [1.82, 2.24) is 0 Å². The molecule has 0 aromatic heterocycles. The second kappa shape index (κ2) is 9.53. The van der Waals surface area contributed by atoms with Crippen molar-refractivity contribution in [3.63, 3.8) is 0 Å². The van der Waals surface area contributed by atoms with Crippen molar-refractivity contribution in [3.8, 4) is 0 Å². The fraction of sp³-hybridized carbons (Fsp3) is 0. The van der Waals surface area contributed by atoms with Gasteiger partial charge in [-0.2, -0.15) is 0 Å². The molecule has 0 fully saturated rings. The van der Waals surface area contributed by atoms with Crippen molar-refractivity contribution in [1.29, 1.82) is 0 Å². The third kappa shape index (κ3) is 368. The Hall–Kier alpha value is 1.98. The van der Waals surface area contributed by atoms with Crippen LogP contribution >= 0.6 is 7.82 Å². The second-order valence-electron chi connectivity index (χ2n) is 0.899. The van der Waals surface area contributed by atoms with E-state index in [1.54, 1.807) is 0 Å². The summed E-state index contributed by atoms with van der Waals surface area (Å²) in [6.45, 7) is 0. The van der Waals surface area contributed by atoms with E-state index in [1.165, 1.54) is 0 Å². The molecule has 12 heavy (non-hydrogen) atoms. The van der Waals surface area contributed by atoms with Crippen molar-refractivity contribution in [2.75, 3.05) is 0 Å². The van der Waals surface area contributed by atoms with Crippen LogP contribution in [0.3, 0.4) is 0 Å². The minimum atomic E-state index is -5.17. The molecule has 2 N–H and O–H groups in total. The zero-order valence-electron chi connectivity index (χ0n) is 5.21. The molecule has 0 saturated heterocycles. The Labute approximate surface area is 114 Å². The van der Waals surface area contributed by atoms with E-state index in [9.17, 15) is 0 Å².